The Morgan fingerprint density at radius 2 is 1.89 bits per heavy atom. The molecule has 1 saturated heterocycles. The molecular weight excluding hydrogens is 248 g/mol. The van der Waals surface area contributed by atoms with Gasteiger partial charge in [-0.25, -0.2) is 8.42 Å². The fraction of sp³-hybridized carbons (Fsp3) is 0.538. The van der Waals surface area contributed by atoms with E-state index in [-0.39, 0.29) is 5.25 Å². The average Bonchev–Trinajstić information content (AvgIpc) is 3.25. The molecule has 1 aliphatic heterocycles. The van der Waals surface area contributed by atoms with Crippen molar-refractivity contribution >= 4 is 15.5 Å². The van der Waals surface area contributed by atoms with Crippen molar-refractivity contribution in [3.8, 4) is 0 Å². The minimum atomic E-state index is -3.07. The molecule has 1 heterocycles. The summed E-state index contributed by atoms with van der Waals surface area (Å²) in [7, 11) is -3.07. The van der Waals surface area contributed by atoms with Gasteiger partial charge in [0.2, 0.25) is 0 Å². The van der Waals surface area contributed by atoms with Crippen LogP contribution in [0.3, 0.4) is 0 Å². The number of benzene rings is 1. The molecule has 1 saturated carbocycles. The van der Waals surface area contributed by atoms with Crippen LogP contribution in [-0.4, -0.2) is 39.8 Å². The van der Waals surface area contributed by atoms with E-state index in [1.807, 2.05) is 18.2 Å². The van der Waals surface area contributed by atoms with Gasteiger partial charge in [0.1, 0.15) is 0 Å². The SMILES string of the molecule is O=S(=O)(c1cccc(N2CCNCC2)c1)C1CC1. The summed E-state index contributed by atoms with van der Waals surface area (Å²) in [6.45, 7) is 3.79. The standard InChI is InChI=1S/C13H18N2O2S/c16-18(17,12-4-5-12)13-3-1-2-11(10-13)15-8-6-14-7-9-15/h1-3,10,12,14H,4-9H2. The third kappa shape index (κ3) is 2.24. The van der Waals surface area contributed by atoms with Gasteiger partial charge in [-0.15, -0.1) is 0 Å². The number of nitrogens with one attached hydrogen (secondary N) is 1. The van der Waals surface area contributed by atoms with Crippen LogP contribution in [0.5, 0.6) is 0 Å². The minimum Gasteiger partial charge on any atom is -0.369 e. The molecule has 0 spiro atoms. The molecule has 98 valence electrons. The van der Waals surface area contributed by atoms with Gasteiger partial charge in [-0.2, -0.15) is 0 Å². The molecule has 0 radical (unpaired) electrons. The largest absolute Gasteiger partial charge is 0.369 e. The van der Waals surface area contributed by atoms with Crippen LogP contribution in [0.4, 0.5) is 5.69 Å². The Balaban J connectivity index is 1.88. The van der Waals surface area contributed by atoms with Crippen LogP contribution in [0.15, 0.2) is 29.2 Å². The van der Waals surface area contributed by atoms with E-state index in [0.29, 0.717) is 4.90 Å². The first-order chi connectivity index (χ1) is 8.68. The van der Waals surface area contributed by atoms with Gasteiger partial charge in [-0.3, -0.25) is 0 Å². The van der Waals surface area contributed by atoms with Crippen molar-refractivity contribution in [2.75, 3.05) is 31.1 Å². The third-order valence-electron chi connectivity index (χ3n) is 3.59. The van der Waals surface area contributed by atoms with Gasteiger partial charge in [-0.1, -0.05) is 6.07 Å². The van der Waals surface area contributed by atoms with Gasteiger partial charge in [-0.05, 0) is 31.0 Å². The molecule has 1 aromatic carbocycles. The lowest BCUT2D eigenvalue weighted by molar-refractivity contribution is 0.587. The van der Waals surface area contributed by atoms with Crippen molar-refractivity contribution in [1.82, 2.24) is 5.32 Å². The molecule has 2 fully saturated rings. The lowest BCUT2D eigenvalue weighted by Crippen LogP contribution is -2.43. The van der Waals surface area contributed by atoms with Crippen LogP contribution in [-0.2, 0) is 9.84 Å². The maximum atomic E-state index is 12.2. The molecule has 1 N–H and O–H groups in total. The maximum Gasteiger partial charge on any atom is 0.181 e. The molecule has 1 aliphatic carbocycles. The van der Waals surface area contributed by atoms with Crippen LogP contribution in [0.2, 0.25) is 0 Å². The van der Waals surface area contributed by atoms with Crippen LogP contribution in [0, 0.1) is 0 Å². The molecule has 0 atom stereocenters. The van der Waals surface area contributed by atoms with E-state index in [9.17, 15) is 8.42 Å². The molecule has 0 aromatic heterocycles. The Labute approximate surface area is 108 Å². The van der Waals surface area contributed by atoms with Gasteiger partial charge in [0.05, 0.1) is 10.1 Å². The van der Waals surface area contributed by atoms with Gasteiger partial charge >= 0.3 is 0 Å². The Morgan fingerprint density at radius 3 is 2.56 bits per heavy atom. The molecule has 1 aromatic rings. The van der Waals surface area contributed by atoms with E-state index < -0.39 is 9.84 Å². The molecule has 18 heavy (non-hydrogen) atoms. The Hall–Kier alpha value is -1.07. The average molecular weight is 266 g/mol. The van der Waals surface area contributed by atoms with Crippen molar-refractivity contribution in [2.24, 2.45) is 0 Å². The predicted molar refractivity (Wildman–Crippen MR) is 71.7 cm³/mol. The van der Waals surface area contributed by atoms with E-state index >= 15 is 0 Å². The molecule has 4 nitrogen and oxygen atoms in total. The summed E-state index contributed by atoms with van der Waals surface area (Å²) >= 11 is 0. The second kappa shape index (κ2) is 4.55. The van der Waals surface area contributed by atoms with E-state index in [1.54, 1.807) is 6.07 Å². The van der Waals surface area contributed by atoms with Gasteiger partial charge in [0.15, 0.2) is 9.84 Å². The minimum absolute atomic E-state index is 0.129. The quantitative estimate of drug-likeness (QED) is 0.888. The Morgan fingerprint density at radius 1 is 1.17 bits per heavy atom. The van der Waals surface area contributed by atoms with Crippen LogP contribution in [0.25, 0.3) is 0 Å². The molecule has 5 heteroatoms. The van der Waals surface area contributed by atoms with Gasteiger partial charge in [0.25, 0.3) is 0 Å². The van der Waals surface area contributed by atoms with Crippen molar-refractivity contribution in [3.05, 3.63) is 24.3 Å². The van der Waals surface area contributed by atoms with Crippen molar-refractivity contribution in [1.29, 1.82) is 0 Å². The fourth-order valence-electron chi connectivity index (χ4n) is 2.35. The molecule has 0 bridgehead atoms. The highest BCUT2D eigenvalue weighted by Gasteiger charge is 2.37. The Bertz CT molecular complexity index is 532. The van der Waals surface area contributed by atoms with E-state index in [2.05, 4.69) is 10.2 Å². The van der Waals surface area contributed by atoms with Crippen molar-refractivity contribution in [3.63, 3.8) is 0 Å². The summed E-state index contributed by atoms with van der Waals surface area (Å²) < 4.78 is 24.4. The summed E-state index contributed by atoms with van der Waals surface area (Å²) in [6, 6.07) is 7.40. The summed E-state index contributed by atoms with van der Waals surface area (Å²) in [4.78, 5) is 2.73. The first kappa shape index (κ1) is 12.0. The van der Waals surface area contributed by atoms with Crippen molar-refractivity contribution < 1.29 is 8.42 Å². The number of nitrogens with zero attached hydrogens (tertiary/aromatic N) is 1. The number of anilines is 1. The third-order valence-corrected chi connectivity index (χ3v) is 5.85. The lowest BCUT2D eigenvalue weighted by atomic mass is 10.2. The maximum absolute atomic E-state index is 12.2. The zero-order chi connectivity index (χ0) is 12.6. The monoisotopic (exact) mass is 266 g/mol. The molecular formula is C13H18N2O2S. The normalized spacial score (nSPS) is 21.0. The number of sulfone groups is 1. The summed E-state index contributed by atoms with van der Waals surface area (Å²) in [5.41, 5.74) is 1.03. The molecule has 0 unspecified atom stereocenters. The summed E-state index contributed by atoms with van der Waals surface area (Å²) in [5, 5.41) is 3.17. The highest BCUT2D eigenvalue weighted by atomic mass is 32.2. The zero-order valence-electron chi connectivity index (χ0n) is 10.3. The molecule has 0 amide bonds. The van der Waals surface area contributed by atoms with E-state index in [4.69, 9.17) is 0 Å². The number of rotatable bonds is 3. The Kier molecular flexibility index (Phi) is 3.03. The van der Waals surface area contributed by atoms with E-state index in [1.165, 1.54) is 0 Å². The van der Waals surface area contributed by atoms with Crippen LogP contribution < -0.4 is 10.2 Å². The highest BCUT2D eigenvalue weighted by molar-refractivity contribution is 7.92. The van der Waals surface area contributed by atoms with Crippen LogP contribution >= 0.6 is 0 Å². The van der Waals surface area contributed by atoms with Gasteiger partial charge < -0.3 is 10.2 Å². The lowest BCUT2D eigenvalue weighted by Gasteiger charge is -2.29. The second-order valence-electron chi connectivity index (χ2n) is 4.98. The van der Waals surface area contributed by atoms with Crippen molar-refractivity contribution in [2.45, 2.75) is 23.0 Å². The van der Waals surface area contributed by atoms with E-state index in [0.717, 1.165) is 44.7 Å². The topological polar surface area (TPSA) is 49.4 Å². The fourth-order valence-corrected chi connectivity index (χ4v) is 4.05. The smallest absolute Gasteiger partial charge is 0.181 e. The molecule has 3 rings (SSSR count). The highest BCUT2D eigenvalue weighted by Crippen LogP contribution is 2.34. The first-order valence-corrected chi connectivity index (χ1v) is 8.02. The first-order valence-electron chi connectivity index (χ1n) is 6.47. The number of piperazine rings is 1. The summed E-state index contributed by atoms with van der Waals surface area (Å²) in [5.74, 6) is 0. The summed E-state index contributed by atoms with van der Waals surface area (Å²) in [6.07, 6.45) is 1.64. The predicted octanol–water partition coefficient (Wildman–Crippen LogP) is 1.03. The second-order valence-corrected chi connectivity index (χ2v) is 7.21. The number of hydrogen-bond acceptors (Lipinski definition) is 4. The van der Waals surface area contributed by atoms with Gasteiger partial charge in [0, 0.05) is 31.9 Å². The number of hydrogen-bond donors (Lipinski definition) is 1. The molecule has 2 aliphatic rings. The van der Waals surface area contributed by atoms with Crippen LogP contribution in [0.1, 0.15) is 12.8 Å². The zero-order valence-corrected chi connectivity index (χ0v) is 11.1.